The van der Waals surface area contributed by atoms with Crippen LogP contribution < -0.4 is 4.90 Å². The smallest absolute Gasteiger partial charge is 0.295 e. The van der Waals surface area contributed by atoms with Gasteiger partial charge in [0.15, 0.2) is 5.76 Å². The highest BCUT2D eigenvalue weighted by Gasteiger charge is 2.32. The lowest BCUT2D eigenvalue weighted by molar-refractivity contribution is 0.0623. The van der Waals surface area contributed by atoms with Crippen LogP contribution >= 0.6 is 12.4 Å². The molecule has 7 heteroatoms. The van der Waals surface area contributed by atoms with E-state index >= 15 is 0 Å². The van der Waals surface area contributed by atoms with E-state index in [-0.39, 0.29) is 30.5 Å². The van der Waals surface area contributed by atoms with Gasteiger partial charge in [0.1, 0.15) is 5.82 Å². The number of anilines is 1. The minimum absolute atomic E-state index is 0. The first-order valence-corrected chi connectivity index (χ1v) is 11.8. The summed E-state index contributed by atoms with van der Waals surface area (Å²) in [4.78, 5) is 22.0. The predicted molar refractivity (Wildman–Crippen MR) is 128 cm³/mol. The molecule has 4 rings (SSSR count). The number of halogens is 1. The fourth-order valence-electron chi connectivity index (χ4n) is 5.05. The van der Waals surface area contributed by atoms with Crippen molar-refractivity contribution in [3.05, 3.63) is 48.0 Å². The van der Waals surface area contributed by atoms with E-state index in [4.69, 9.17) is 4.42 Å². The molecule has 32 heavy (non-hydrogen) atoms. The Morgan fingerprint density at radius 2 is 1.94 bits per heavy atom. The summed E-state index contributed by atoms with van der Waals surface area (Å²) in [6.45, 7) is 4.78. The van der Waals surface area contributed by atoms with Crippen LogP contribution in [0.3, 0.4) is 0 Å². The third-order valence-corrected chi connectivity index (χ3v) is 6.95. The van der Waals surface area contributed by atoms with Gasteiger partial charge >= 0.3 is 0 Å². The molecule has 1 N–H and O–H groups in total. The lowest BCUT2D eigenvalue weighted by Gasteiger charge is -2.38. The number of carbonyl (C=O) groups is 1. The van der Waals surface area contributed by atoms with Crippen molar-refractivity contribution in [3.63, 3.8) is 0 Å². The van der Waals surface area contributed by atoms with E-state index in [9.17, 15) is 9.90 Å². The van der Waals surface area contributed by atoms with E-state index in [0.717, 1.165) is 44.5 Å². The molecule has 0 radical (unpaired) electrons. The number of pyridine rings is 1. The van der Waals surface area contributed by atoms with Gasteiger partial charge in [-0.25, -0.2) is 4.98 Å². The van der Waals surface area contributed by atoms with Gasteiger partial charge in [0.05, 0.1) is 12.4 Å². The SMILES string of the molecule is Cc1ccc(N(C(=O)c2ccco2)C2CCN(CCC(O)C3CCCCC3)CC2)nc1.Cl. The molecule has 6 nitrogen and oxygen atoms in total. The summed E-state index contributed by atoms with van der Waals surface area (Å²) in [6, 6.07) is 7.46. The third-order valence-electron chi connectivity index (χ3n) is 6.95. The van der Waals surface area contributed by atoms with E-state index in [2.05, 4.69) is 9.88 Å². The van der Waals surface area contributed by atoms with Crippen molar-refractivity contribution >= 4 is 24.1 Å². The number of nitrogens with zero attached hydrogens (tertiary/aromatic N) is 3. The molecule has 1 saturated carbocycles. The number of carbonyl (C=O) groups excluding carboxylic acids is 1. The molecule has 1 unspecified atom stereocenters. The number of likely N-dealkylation sites (tertiary alicyclic amines) is 1. The Labute approximate surface area is 197 Å². The fourth-order valence-corrected chi connectivity index (χ4v) is 5.05. The van der Waals surface area contributed by atoms with Gasteiger partial charge in [-0.3, -0.25) is 9.69 Å². The Bertz CT molecular complexity index is 813. The zero-order chi connectivity index (χ0) is 21.6. The Balaban J connectivity index is 0.00000289. The first-order valence-electron chi connectivity index (χ1n) is 11.8. The van der Waals surface area contributed by atoms with Crippen LogP contribution in [0.15, 0.2) is 41.1 Å². The highest BCUT2D eigenvalue weighted by Crippen LogP contribution is 2.29. The standard InChI is InChI=1S/C25H35N3O3.ClH/c1-19-9-10-24(26-18-19)28(25(30)23-8-5-17-31-23)21-11-14-27(15-12-21)16-13-22(29)20-6-3-2-4-7-20;/h5,8-10,17-18,20-22,29H,2-4,6-7,11-16H2,1H3;1H. The molecular weight excluding hydrogens is 426 g/mol. The Hall–Kier alpha value is -1.89. The molecule has 0 aromatic carbocycles. The van der Waals surface area contributed by atoms with Crippen molar-refractivity contribution in [1.29, 1.82) is 0 Å². The zero-order valence-electron chi connectivity index (χ0n) is 19.0. The van der Waals surface area contributed by atoms with Crippen LogP contribution in [0.2, 0.25) is 0 Å². The molecule has 3 heterocycles. The normalized spacial score (nSPS) is 19.3. The second-order valence-corrected chi connectivity index (χ2v) is 9.17. The van der Waals surface area contributed by atoms with Crippen LogP contribution in [-0.2, 0) is 0 Å². The van der Waals surface area contributed by atoms with E-state index < -0.39 is 0 Å². The fraction of sp³-hybridized carbons (Fsp3) is 0.600. The number of hydrogen-bond acceptors (Lipinski definition) is 5. The molecule has 2 aromatic heterocycles. The van der Waals surface area contributed by atoms with Crippen LogP contribution in [0.4, 0.5) is 5.82 Å². The largest absolute Gasteiger partial charge is 0.459 e. The van der Waals surface area contributed by atoms with Crippen LogP contribution in [0.5, 0.6) is 0 Å². The molecule has 2 aromatic rings. The maximum Gasteiger partial charge on any atom is 0.295 e. The van der Waals surface area contributed by atoms with E-state index in [0.29, 0.717) is 17.5 Å². The number of aliphatic hydroxyl groups is 1. The summed E-state index contributed by atoms with van der Waals surface area (Å²) >= 11 is 0. The van der Waals surface area contributed by atoms with Crippen molar-refractivity contribution in [2.75, 3.05) is 24.5 Å². The van der Waals surface area contributed by atoms with Crippen molar-refractivity contribution < 1.29 is 14.3 Å². The second-order valence-electron chi connectivity index (χ2n) is 9.17. The average molecular weight is 462 g/mol. The van der Waals surface area contributed by atoms with Gasteiger partial charge in [-0.1, -0.05) is 25.3 Å². The van der Waals surface area contributed by atoms with Crippen molar-refractivity contribution in [2.45, 2.75) is 70.4 Å². The first kappa shape index (κ1) is 24.7. The van der Waals surface area contributed by atoms with Crippen LogP contribution in [0.1, 0.15) is 67.5 Å². The maximum absolute atomic E-state index is 13.2. The molecule has 0 spiro atoms. The van der Waals surface area contributed by atoms with Crippen LogP contribution in [-0.4, -0.2) is 52.7 Å². The van der Waals surface area contributed by atoms with Crippen molar-refractivity contribution in [1.82, 2.24) is 9.88 Å². The Kier molecular flexibility index (Phi) is 9.14. The molecule has 1 saturated heterocycles. The molecule has 1 atom stereocenters. The molecule has 176 valence electrons. The van der Waals surface area contributed by atoms with Crippen molar-refractivity contribution in [3.8, 4) is 0 Å². The lowest BCUT2D eigenvalue weighted by atomic mass is 9.84. The molecule has 2 aliphatic rings. The van der Waals surface area contributed by atoms with Gasteiger partial charge in [0.2, 0.25) is 0 Å². The number of piperidine rings is 1. The predicted octanol–water partition coefficient (Wildman–Crippen LogP) is 4.85. The Morgan fingerprint density at radius 3 is 2.56 bits per heavy atom. The minimum atomic E-state index is -0.174. The Morgan fingerprint density at radius 1 is 1.19 bits per heavy atom. The number of aryl methyl sites for hydroxylation is 1. The van der Waals surface area contributed by atoms with Gasteiger partial charge in [-0.05, 0) is 68.7 Å². The van der Waals surface area contributed by atoms with Crippen LogP contribution in [0, 0.1) is 12.8 Å². The van der Waals surface area contributed by atoms with Crippen molar-refractivity contribution in [2.24, 2.45) is 5.92 Å². The van der Waals surface area contributed by atoms with E-state index in [1.165, 1.54) is 38.4 Å². The summed E-state index contributed by atoms with van der Waals surface area (Å²) in [7, 11) is 0. The van der Waals surface area contributed by atoms with Gasteiger partial charge in [-0.15, -0.1) is 12.4 Å². The van der Waals surface area contributed by atoms with Gasteiger partial charge in [-0.2, -0.15) is 0 Å². The maximum atomic E-state index is 13.2. The highest BCUT2D eigenvalue weighted by molar-refractivity contribution is 6.04. The number of hydrogen-bond donors (Lipinski definition) is 1. The summed E-state index contributed by atoms with van der Waals surface area (Å²) in [5, 5.41) is 10.6. The summed E-state index contributed by atoms with van der Waals surface area (Å²) in [5.41, 5.74) is 1.07. The van der Waals surface area contributed by atoms with Gasteiger partial charge in [0.25, 0.3) is 5.91 Å². The average Bonchev–Trinajstić information content (AvgIpc) is 3.35. The molecule has 1 aliphatic heterocycles. The number of aromatic nitrogens is 1. The molecule has 0 bridgehead atoms. The van der Waals surface area contributed by atoms with Gasteiger partial charge in [0, 0.05) is 31.9 Å². The number of aliphatic hydroxyl groups excluding tert-OH is 1. The topological polar surface area (TPSA) is 69.8 Å². The molecule has 1 amide bonds. The number of rotatable bonds is 7. The minimum Gasteiger partial charge on any atom is -0.459 e. The second kappa shape index (κ2) is 11.8. The van der Waals surface area contributed by atoms with Crippen LogP contribution in [0.25, 0.3) is 0 Å². The highest BCUT2D eigenvalue weighted by atomic mass is 35.5. The summed E-state index contributed by atoms with van der Waals surface area (Å²) < 4.78 is 5.40. The zero-order valence-corrected chi connectivity index (χ0v) is 19.8. The molecular formula is C25H36ClN3O3. The summed E-state index contributed by atoms with van der Waals surface area (Å²) in [6.07, 6.45) is 12.0. The quantitative estimate of drug-likeness (QED) is 0.638. The van der Waals surface area contributed by atoms with E-state index in [1.807, 2.05) is 24.0 Å². The monoisotopic (exact) mass is 461 g/mol. The van der Waals surface area contributed by atoms with Gasteiger partial charge < -0.3 is 14.4 Å². The first-order chi connectivity index (χ1) is 15.1. The third kappa shape index (κ3) is 6.12. The number of amides is 1. The molecule has 1 aliphatic carbocycles. The number of furan rings is 1. The summed E-state index contributed by atoms with van der Waals surface area (Å²) in [5.74, 6) is 1.38. The molecule has 2 fully saturated rings. The van der Waals surface area contributed by atoms with E-state index in [1.54, 1.807) is 18.3 Å². The lowest BCUT2D eigenvalue weighted by Crippen LogP contribution is -2.48.